The van der Waals surface area contributed by atoms with Crippen LogP contribution >= 0.6 is 0 Å². The molecule has 1 aliphatic heterocycles. The van der Waals surface area contributed by atoms with Gasteiger partial charge < -0.3 is 19.9 Å². The second-order valence-electron chi connectivity index (χ2n) is 5.08. The van der Waals surface area contributed by atoms with E-state index in [9.17, 15) is 4.79 Å². The third-order valence-electron chi connectivity index (χ3n) is 3.37. The van der Waals surface area contributed by atoms with E-state index in [1.165, 1.54) is 0 Å². The molecule has 116 valence electrons. The average molecular weight is 302 g/mol. The minimum Gasteiger partial charge on any atom is -0.378 e. The Morgan fingerprint density at radius 3 is 3.00 bits per heavy atom. The molecular weight excluding hydrogens is 284 g/mol. The highest BCUT2D eigenvalue weighted by atomic mass is 16.5. The van der Waals surface area contributed by atoms with Gasteiger partial charge in [-0.1, -0.05) is 35.5 Å². The first kappa shape index (κ1) is 14.7. The molecule has 1 fully saturated rings. The Bertz CT molecular complexity index is 608. The SMILES string of the molecule is O=C(CC1COCCN1)NCc1nc(-c2ccccc2)no1. The summed E-state index contributed by atoms with van der Waals surface area (Å²) in [6.45, 7) is 2.27. The molecule has 1 unspecified atom stereocenters. The summed E-state index contributed by atoms with van der Waals surface area (Å²) in [6.07, 6.45) is 0.375. The second-order valence-corrected chi connectivity index (χ2v) is 5.08. The monoisotopic (exact) mass is 302 g/mol. The van der Waals surface area contributed by atoms with Crippen LogP contribution in [-0.4, -0.2) is 41.8 Å². The zero-order valence-corrected chi connectivity index (χ0v) is 12.1. The van der Waals surface area contributed by atoms with Gasteiger partial charge in [0, 0.05) is 24.6 Å². The fourth-order valence-electron chi connectivity index (χ4n) is 2.25. The number of amides is 1. The number of nitrogens with one attached hydrogen (secondary N) is 2. The van der Waals surface area contributed by atoms with Gasteiger partial charge in [0.25, 0.3) is 0 Å². The molecule has 1 aromatic heterocycles. The Morgan fingerprint density at radius 1 is 1.36 bits per heavy atom. The number of carbonyl (C=O) groups is 1. The van der Waals surface area contributed by atoms with Gasteiger partial charge in [-0.2, -0.15) is 4.98 Å². The normalized spacial score (nSPS) is 18.1. The predicted octanol–water partition coefficient (Wildman–Crippen LogP) is 0.731. The maximum atomic E-state index is 11.9. The van der Waals surface area contributed by atoms with Crippen LogP contribution in [0.15, 0.2) is 34.9 Å². The summed E-state index contributed by atoms with van der Waals surface area (Å²) in [5.41, 5.74) is 0.882. The molecule has 0 spiro atoms. The molecule has 22 heavy (non-hydrogen) atoms. The number of nitrogens with zero attached hydrogens (tertiary/aromatic N) is 2. The summed E-state index contributed by atoms with van der Waals surface area (Å²) < 4.78 is 10.5. The lowest BCUT2D eigenvalue weighted by molar-refractivity contribution is -0.122. The van der Waals surface area contributed by atoms with Crippen molar-refractivity contribution in [2.24, 2.45) is 0 Å². The van der Waals surface area contributed by atoms with E-state index in [1.54, 1.807) is 0 Å². The molecule has 1 aliphatic rings. The van der Waals surface area contributed by atoms with Crippen LogP contribution in [0, 0.1) is 0 Å². The summed E-state index contributed by atoms with van der Waals surface area (Å²) in [4.78, 5) is 16.1. The minimum atomic E-state index is -0.0672. The molecule has 7 heteroatoms. The quantitative estimate of drug-likeness (QED) is 0.846. The number of hydrogen-bond acceptors (Lipinski definition) is 6. The zero-order chi connectivity index (χ0) is 15.2. The standard InChI is InChI=1S/C15H18N4O3/c20-13(8-12-10-21-7-6-16-12)17-9-14-18-15(19-22-14)11-4-2-1-3-5-11/h1-5,12,16H,6-10H2,(H,17,20). The van der Waals surface area contributed by atoms with E-state index < -0.39 is 0 Å². The van der Waals surface area contributed by atoms with Gasteiger partial charge in [0.05, 0.1) is 19.8 Å². The minimum absolute atomic E-state index is 0.0660. The maximum absolute atomic E-state index is 11.9. The van der Waals surface area contributed by atoms with E-state index in [0.717, 1.165) is 12.1 Å². The van der Waals surface area contributed by atoms with Crippen molar-refractivity contribution in [3.8, 4) is 11.4 Å². The van der Waals surface area contributed by atoms with Gasteiger partial charge >= 0.3 is 0 Å². The van der Waals surface area contributed by atoms with Gasteiger partial charge in [0.1, 0.15) is 0 Å². The van der Waals surface area contributed by atoms with Gasteiger partial charge in [-0.05, 0) is 0 Å². The fourth-order valence-corrected chi connectivity index (χ4v) is 2.25. The van der Waals surface area contributed by atoms with Gasteiger partial charge in [0.15, 0.2) is 0 Å². The fraction of sp³-hybridized carbons (Fsp3) is 0.400. The molecule has 1 atom stereocenters. The molecule has 1 aromatic carbocycles. The van der Waals surface area contributed by atoms with Crippen molar-refractivity contribution in [1.82, 2.24) is 20.8 Å². The molecule has 2 N–H and O–H groups in total. The largest absolute Gasteiger partial charge is 0.378 e. The first-order valence-electron chi connectivity index (χ1n) is 7.27. The van der Waals surface area contributed by atoms with E-state index in [1.807, 2.05) is 30.3 Å². The lowest BCUT2D eigenvalue weighted by Gasteiger charge is -2.23. The van der Waals surface area contributed by atoms with Crippen LogP contribution in [0.4, 0.5) is 0 Å². The van der Waals surface area contributed by atoms with E-state index in [-0.39, 0.29) is 18.5 Å². The highest BCUT2D eigenvalue weighted by Gasteiger charge is 2.17. The zero-order valence-electron chi connectivity index (χ0n) is 12.1. The van der Waals surface area contributed by atoms with Crippen molar-refractivity contribution >= 4 is 5.91 Å². The molecule has 0 radical (unpaired) electrons. The van der Waals surface area contributed by atoms with E-state index in [0.29, 0.717) is 31.3 Å². The van der Waals surface area contributed by atoms with Crippen molar-refractivity contribution < 1.29 is 14.1 Å². The summed E-state index contributed by atoms with van der Waals surface area (Å²) in [5.74, 6) is 0.842. The van der Waals surface area contributed by atoms with E-state index in [4.69, 9.17) is 9.26 Å². The highest BCUT2D eigenvalue weighted by Crippen LogP contribution is 2.14. The molecule has 0 aliphatic carbocycles. The number of carbonyl (C=O) groups excluding carboxylic acids is 1. The van der Waals surface area contributed by atoms with Crippen molar-refractivity contribution in [2.45, 2.75) is 19.0 Å². The van der Waals surface area contributed by atoms with Crippen molar-refractivity contribution in [3.05, 3.63) is 36.2 Å². The smallest absolute Gasteiger partial charge is 0.246 e. The Morgan fingerprint density at radius 2 is 2.23 bits per heavy atom. The Labute approximate surface area is 128 Å². The Hall–Kier alpha value is -2.25. The molecule has 1 amide bonds. The van der Waals surface area contributed by atoms with Crippen molar-refractivity contribution in [3.63, 3.8) is 0 Å². The van der Waals surface area contributed by atoms with Crippen LogP contribution in [0.5, 0.6) is 0 Å². The van der Waals surface area contributed by atoms with Crippen LogP contribution in [0.3, 0.4) is 0 Å². The first-order chi connectivity index (χ1) is 10.8. The molecule has 0 saturated carbocycles. The Kier molecular flexibility index (Phi) is 4.77. The number of aromatic nitrogens is 2. The summed E-state index contributed by atoms with van der Waals surface area (Å²) in [6, 6.07) is 9.62. The number of ether oxygens (including phenoxy) is 1. The first-order valence-corrected chi connectivity index (χ1v) is 7.27. The van der Waals surface area contributed by atoms with Gasteiger partial charge in [-0.15, -0.1) is 0 Å². The molecular formula is C15H18N4O3. The van der Waals surface area contributed by atoms with Crippen molar-refractivity contribution in [2.75, 3.05) is 19.8 Å². The van der Waals surface area contributed by atoms with Crippen LogP contribution in [-0.2, 0) is 16.1 Å². The lowest BCUT2D eigenvalue weighted by atomic mass is 10.2. The second kappa shape index (κ2) is 7.15. The van der Waals surface area contributed by atoms with Gasteiger partial charge in [-0.25, -0.2) is 0 Å². The number of hydrogen-bond donors (Lipinski definition) is 2. The number of rotatable bonds is 5. The predicted molar refractivity (Wildman–Crippen MR) is 78.8 cm³/mol. The third-order valence-corrected chi connectivity index (χ3v) is 3.37. The van der Waals surface area contributed by atoms with Gasteiger partial charge in [-0.3, -0.25) is 4.79 Å². The van der Waals surface area contributed by atoms with E-state index in [2.05, 4.69) is 20.8 Å². The highest BCUT2D eigenvalue weighted by molar-refractivity contribution is 5.76. The van der Waals surface area contributed by atoms with E-state index >= 15 is 0 Å². The maximum Gasteiger partial charge on any atom is 0.246 e. The number of morpholine rings is 1. The summed E-state index contributed by atoms with van der Waals surface area (Å²) >= 11 is 0. The van der Waals surface area contributed by atoms with Crippen LogP contribution in [0.2, 0.25) is 0 Å². The average Bonchev–Trinajstić information content (AvgIpc) is 3.04. The molecule has 3 rings (SSSR count). The molecule has 1 saturated heterocycles. The number of benzene rings is 1. The molecule has 0 bridgehead atoms. The summed E-state index contributed by atoms with van der Waals surface area (Å²) in [7, 11) is 0. The summed E-state index contributed by atoms with van der Waals surface area (Å²) in [5, 5.41) is 9.93. The lowest BCUT2D eigenvalue weighted by Crippen LogP contribution is -2.44. The van der Waals surface area contributed by atoms with Crippen molar-refractivity contribution in [1.29, 1.82) is 0 Å². The topological polar surface area (TPSA) is 89.3 Å². The Balaban J connectivity index is 1.49. The van der Waals surface area contributed by atoms with Crippen LogP contribution < -0.4 is 10.6 Å². The molecule has 2 aromatic rings. The molecule has 7 nitrogen and oxygen atoms in total. The van der Waals surface area contributed by atoms with Crippen LogP contribution in [0.25, 0.3) is 11.4 Å². The van der Waals surface area contributed by atoms with Gasteiger partial charge in [0.2, 0.25) is 17.6 Å². The third kappa shape index (κ3) is 3.90. The van der Waals surface area contributed by atoms with Crippen LogP contribution in [0.1, 0.15) is 12.3 Å². The molecule has 2 heterocycles.